The van der Waals surface area contributed by atoms with Gasteiger partial charge in [0.05, 0.1) is 12.7 Å². The van der Waals surface area contributed by atoms with Crippen LogP contribution < -0.4 is 4.74 Å². The molecule has 1 aliphatic carbocycles. The Kier molecular flexibility index (Phi) is 5.84. The Hall–Kier alpha value is -2.93. The quantitative estimate of drug-likeness (QED) is 0.453. The lowest BCUT2D eigenvalue weighted by atomic mass is 9.68. The number of carboxylic acids is 1. The summed E-state index contributed by atoms with van der Waals surface area (Å²) in [6.45, 7) is 3.51. The van der Waals surface area contributed by atoms with Crippen molar-refractivity contribution in [3.05, 3.63) is 64.8 Å². The molecule has 7 heteroatoms. The molecule has 0 radical (unpaired) electrons. The molecule has 0 unspecified atom stereocenters. The first-order valence-electron chi connectivity index (χ1n) is 11.8. The smallest absolute Gasteiger partial charge is 0.335 e. The number of methoxy groups -OCH3 is 1. The fourth-order valence-corrected chi connectivity index (χ4v) is 5.88. The molecule has 5 nitrogen and oxygen atoms in total. The van der Waals surface area contributed by atoms with Gasteiger partial charge in [-0.25, -0.2) is 13.6 Å². The number of aromatic amines is 1. The number of alkyl halides is 2. The highest BCUT2D eigenvalue weighted by atomic mass is 19.3. The molecule has 0 bridgehead atoms. The first-order chi connectivity index (χ1) is 16.3. The SMILES string of the molecule is COc1cc(C)c2[nH]ccc2c1CN1CC[C@H](C2CC(F)(F)C2)C[C@H]1c1ccc(C(=O)O)cc1. The summed E-state index contributed by atoms with van der Waals surface area (Å²) in [5, 5.41) is 10.4. The molecule has 3 aromatic rings. The summed E-state index contributed by atoms with van der Waals surface area (Å²) in [7, 11) is 1.68. The first kappa shape index (κ1) is 22.8. The predicted molar refractivity (Wildman–Crippen MR) is 127 cm³/mol. The Balaban J connectivity index is 1.47. The molecule has 5 rings (SSSR count). The summed E-state index contributed by atoms with van der Waals surface area (Å²) < 4.78 is 32.9. The molecule has 0 spiro atoms. The van der Waals surface area contributed by atoms with Gasteiger partial charge in [-0.15, -0.1) is 0 Å². The summed E-state index contributed by atoms with van der Waals surface area (Å²) in [5.74, 6) is -2.34. The zero-order chi connectivity index (χ0) is 24.0. The standard InChI is InChI=1S/C27H30F2N2O3/c1-16-11-24(34-2)22(21-7-9-30-25(16)21)15-31-10-8-19(20-13-27(28,29)14-20)12-23(31)17-3-5-18(6-4-17)26(32)33/h3-7,9,11,19-20,23,30H,8,10,12-15H2,1-2H3,(H,32,33)/t19-,23-/m0/s1. The number of nitrogens with zero attached hydrogens (tertiary/aromatic N) is 1. The first-order valence-corrected chi connectivity index (χ1v) is 11.8. The van der Waals surface area contributed by atoms with E-state index in [1.54, 1.807) is 19.2 Å². The van der Waals surface area contributed by atoms with Crippen LogP contribution in [0.1, 0.15) is 58.8 Å². The van der Waals surface area contributed by atoms with Crippen molar-refractivity contribution in [2.45, 2.75) is 51.1 Å². The number of fused-ring (bicyclic) bond motifs is 1. The van der Waals surface area contributed by atoms with Gasteiger partial charge in [-0.3, -0.25) is 4.90 Å². The minimum Gasteiger partial charge on any atom is -0.496 e. The third-order valence-electron chi connectivity index (χ3n) is 7.78. The molecule has 34 heavy (non-hydrogen) atoms. The van der Waals surface area contributed by atoms with Gasteiger partial charge in [0, 0.05) is 48.1 Å². The van der Waals surface area contributed by atoms with Gasteiger partial charge < -0.3 is 14.8 Å². The number of hydrogen-bond acceptors (Lipinski definition) is 3. The number of likely N-dealkylation sites (tertiary alicyclic amines) is 1. The molecule has 180 valence electrons. The van der Waals surface area contributed by atoms with Crippen LogP contribution in [0.15, 0.2) is 42.6 Å². The monoisotopic (exact) mass is 468 g/mol. The van der Waals surface area contributed by atoms with Crippen LogP contribution in [0.25, 0.3) is 10.9 Å². The summed E-state index contributed by atoms with van der Waals surface area (Å²) in [4.78, 5) is 17.1. The zero-order valence-electron chi connectivity index (χ0n) is 19.5. The van der Waals surface area contributed by atoms with Gasteiger partial charge in [0.1, 0.15) is 5.75 Å². The summed E-state index contributed by atoms with van der Waals surface area (Å²) in [6, 6.07) is 11.2. The average Bonchev–Trinajstić information content (AvgIpc) is 3.30. The number of aromatic carboxylic acids is 1. The number of aromatic nitrogens is 1. The maximum absolute atomic E-state index is 13.6. The van der Waals surface area contributed by atoms with Crippen molar-refractivity contribution < 1.29 is 23.4 Å². The van der Waals surface area contributed by atoms with Crippen LogP contribution in [0.2, 0.25) is 0 Å². The number of hydrogen-bond donors (Lipinski definition) is 2. The van der Waals surface area contributed by atoms with Crippen molar-refractivity contribution in [1.29, 1.82) is 0 Å². The van der Waals surface area contributed by atoms with Gasteiger partial charge in [-0.1, -0.05) is 12.1 Å². The Morgan fingerprint density at radius 1 is 1.21 bits per heavy atom. The van der Waals surface area contributed by atoms with Crippen LogP contribution in [-0.4, -0.2) is 40.5 Å². The predicted octanol–water partition coefficient (Wildman–Crippen LogP) is 6.18. The number of nitrogens with one attached hydrogen (secondary N) is 1. The molecule has 1 saturated heterocycles. The lowest BCUT2D eigenvalue weighted by Crippen LogP contribution is -2.45. The van der Waals surface area contributed by atoms with E-state index >= 15 is 0 Å². The van der Waals surface area contributed by atoms with Crippen molar-refractivity contribution in [2.75, 3.05) is 13.7 Å². The molecule has 0 amide bonds. The molecular weight excluding hydrogens is 438 g/mol. The highest BCUT2D eigenvalue weighted by Gasteiger charge is 2.49. The average molecular weight is 469 g/mol. The van der Waals surface area contributed by atoms with Gasteiger partial charge in [0.2, 0.25) is 5.92 Å². The van der Waals surface area contributed by atoms with Crippen molar-refractivity contribution in [3.63, 3.8) is 0 Å². The van der Waals surface area contributed by atoms with E-state index in [0.717, 1.165) is 52.7 Å². The Bertz CT molecular complexity index is 1200. The molecule has 1 aromatic heterocycles. The van der Waals surface area contributed by atoms with E-state index in [0.29, 0.717) is 6.54 Å². The number of carbonyl (C=O) groups is 1. The Morgan fingerprint density at radius 3 is 2.59 bits per heavy atom. The van der Waals surface area contributed by atoms with Crippen molar-refractivity contribution >= 4 is 16.9 Å². The van der Waals surface area contributed by atoms with E-state index < -0.39 is 11.9 Å². The molecule has 2 aliphatic rings. The molecule has 2 aromatic carbocycles. The highest BCUT2D eigenvalue weighted by molar-refractivity contribution is 5.88. The summed E-state index contributed by atoms with van der Waals surface area (Å²) in [5.41, 5.74) is 4.58. The van der Waals surface area contributed by atoms with E-state index in [4.69, 9.17) is 4.74 Å². The number of halogens is 2. The molecule has 1 aliphatic heterocycles. The molecule has 2 heterocycles. The summed E-state index contributed by atoms with van der Waals surface area (Å²) >= 11 is 0. The van der Waals surface area contributed by atoms with Crippen LogP contribution in [0, 0.1) is 18.8 Å². The lowest BCUT2D eigenvalue weighted by Gasteiger charge is -2.47. The van der Waals surface area contributed by atoms with Gasteiger partial charge >= 0.3 is 5.97 Å². The number of H-pyrrole nitrogens is 1. The van der Waals surface area contributed by atoms with Crippen LogP contribution in [-0.2, 0) is 6.54 Å². The van der Waals surface area contributed by atoms with Gasteiger partial charge in [-0.2, -0.15) is 0 Å². The molecule has 2 N–H and O–H groups in total. The minimum absolute atomic E-state index is 0.0158. The van der Waals surface area contributed by atoms with Gasteiger partial charge in [0.15, 0.2) is 0 Å². The van der Waals surface area contributed by atoms with Crippen LogP contribution >= 0.6 is 0 Å². The van der Waals surface area contributed by atoms with Crippen molar-refractivity contribution in [1.82, 2.24) is 9.88 Å². The third kappa shape index (κ3) is 4.17. The second-order valence-electron chi connectivity index (χ2n) is 9.86. The van der Waals surface area contributed by atoms with Crippen LogP contribution in [0.4, 0.5) is 8.78 Å². The molecular formula is C27H30F2N2O3. The number of carboxylic acid groups (broad SMARTS) is 1. The molecule has 1 saturated carbocycles. The fraction of sp³-hybridized carbons (Fsp3) is 0.444. The topological polar surface area (TPSA) is 65.6 Å². The second-order valence-corrected chi connectivity index (χ2v) is 9.86. The van der Waals surface area contributed by atoms with E-state index in [-0.39, 0.29) is 36.3 Å². The Morgan fingerprint density at radius 2 is 1.94 bits per heavy atom. The third-order valence-corrected chi connectivity index (χ3v) is 7.78. The highest BCUT2D eigenvalue weighted by Crippen LogP contribution is 2.51. The maximum Gasteiger partial charge on any atom is 0.335 e. The zero-order valence-corrected chi connectivity index (χ0v) is 19.5. The lowest BCUT2D eigenvalue weighted by molar-refractivity contribution is -0.134. The number of aryl methyl sites for hydroxylation is 1. The minimum atomic E-state index is -2.52. The second kappa shape index (κ2) is 8.69. The number of benzene rings is 2. The Labute approximate surface area is 197 Å². The van der Waals surface area contributed by atoms with Crippen LogP contribution in [0.5, 0.6) is 5.75 Å². The van der Waals surface area contributed by atoms with Gasteiger partial charge in [0.25, 0.3) is 0 Å². The molecule has 2 atom stereocenters. The summed E-state index contributed by atoms with van der Waals surface area (Å²) in [6.07, 6.45) is 3.58. The van der Waals surface area contributed by atoms with Crippen molar-refractivity contribution in [2.24, 2.45) is 11.8 Å². The van der Waals surface area contributed by atoms with E-state index in [1.807, 2.05) is 24.4 Å². The van der Waals surface area contributed by atoms with Crippen LogP contribution in [0.3, 0.4) is 0 Å². The van der Waals surface area contributed by atoms with E-state index in [1.165, 1.54) is 0 Å². The van der Waals surface area contributed by atoms with Gasteiger partial charge in [-0.05, 0) is 73.5 Å². The normalized spacial score (nSPS) is 23.1. The number of ether oxygens (including phenoxy) is 1. The largest absolute Gasteiger partial charge is 0.496 e. The van der Waals surface area contributed by atoms with Crippen molar-refractivity contribution in [3.8, 4) is 5.75 Å². The van der Waals surface area contributed by atoms with E-state index in [9.17, 15) is 18.7 Å². The van der Waals surface area contributed by atoms with E-state index in [2.05, 4.69) is 22.9 Å². The number of piperidine rings is 1. The fourth-order valence-electron chi connectivity index (χ4n) is 5.88. The number of rotatable bonds is 6. The molecule has 2 fully saturated rings. The maximum atomic E-state index is 13.6.